The summed E-state index contributed by atoms with van der Waals surface area (Å²) in [5.74, 6) is 0.924. The summed E-state index contributed by atoms with van der Waals surface area (Å²) in [6.45, 7) is 1.73. The first-order valence-electron chi connectivity index (χ1n) is 11.0. The molecule has 6 nitrogen and oxygen atoms in total. The van der Waals surface area contributed by atoms with Crippen LogP contribution in [0.1, 0.15) is 62.0 Å². The second-order valence-electron chi connectivity index (χ2n) is 8.72. The Morgan fingerprint density at radius 2 is 1.80 bits per heavy atom. The van der Waals surface area contributed by atoms with Crippen LogP contribution in [-0.4, -0.2) is 25.6 Å². The van der Waals surface area contributed by atoms with E-state index in [1.165, 1.54) is 12.8 Å². The minimum absolute atomic E-state index is 0.00277. The third kappa shape index (κ3) is 3.39. The van der Waals surface area contributed by atoms with Crippen LogP contribution in [0.3, 0.4) is 0 Å². The zero-order valence-corrected chi connectivity index (χ0v) is 17.5. The number of aryl methyl sites for hydroxylation is 1. The van der Waals surface area contributed by atoms with Gasteiger partial charge in [0.25, 0.3) is 5.56 Å². The minimum atomic E-state index is 0.00277. The topological polar surface area (TPSA) is 60.1 Å². The lowest BCUT2D eigenvalue weighted by Crippen LogP contribution is -2.34. The Kier molecular flexibility index (Phi) is 5.03. The number of rotatable bonds is 4. The smallest absolute Gasteiger partial charge is 0.261 e. The molecule has 2 aromatic heterocycles. The van der Waals surface area contributed by atoms with Crippen LogP contribution in [0.5, 0.6) is 0 Å². The van der Waals surface area contributed by atoms with E-state index in [2.05, 4.69) is 4.90 Å². The van der Waals surface area contributed by atoms with Crippen LogP contribution in [0.4, 0.5) is 0 Å². The first-order valence-corrected chi connectivity index (χ1v) is 11.0. The zero-order valence-electron chi connectivity index (χ0n) is 17.5. The highest BCUT2D eigenvalue weighted by molar-refractivity contribution is 5.77. The van der Waals surface area contributed by atoms with Crippen molar-refractivity contribution in [3.8, 4) is 0 Å². The number of para-hydroxylation sites is 1. The number of benzene rings is 1. The van der Waals surface area contributed by atoms with Crippen LogP contribution in [0.25, 0.3) is 10.9 Å². The zero-order chi connectivity index (χ0) is 20.7. The Bertz CT molecular complexity index is 1190. The predicted molar refractivity (Wildman–Crippen MR) is 118 cm³/mol. The first kappa shape index (κ1) is 19.2. The lowest BCUT2D eigenvalue weighted by Gasteiger charge is -2.28. The maximum absolute atomic E-state index is 13.5. The van der Waals surface area contributed by atoms with Crippen molar-refractivity contribution in [3.05, 3.63) is 74.7 Å². The Morgan fingerprint density at radius 1 is 1.00 bits per heavy atom. The van der Waals surface area contributed by atoms with Gasteiger partial charge >= 0.3 is 0 Å². The summed E-state index contributed by atoms with van der Waals surface area (Å²) in [4.78, 5) is 32.7. The van der Waals surface area contributed by atoms with Crippen LogP contribution < -0.4 is 11.1 Å². The van der Waals surface area contributed by atoms with Gasteiger partial charge in [-0.05, 0) is 49.9 Å². The van der Waals surface area contributed by atoms with E-state index in [0.29, 0.717) is 0 Å². The van der Waals surface area contributed by atoms with Gasteiger partial charge in [0.15, 0.2) is 0 Å². The summed E-state index contributed by atoms with van der Waals surface area (Å²) in [7, 11) is 1.79. The Morgan fingerprint density at radius 3 is 2.60 bits per heavy atom. The Balaban J connectivity index is 1.58. The van der Waals surface area contributed by atoms with Gasteiger partial charge in [-0.15, -0.1) is 0 Å². The summed E-state index contributed by atoms with van der Waals surface area (Å²) in [5, 5.41) is 0.718. The monoisotopic (exact) mass is 404 g/mol. The molecule has 156 valence electrons. The molecule has 1 aliphatic carbocycles. The fraction of sp³-hybridized carbons (Fsp3) is 0.458. The SMILES string of the molecule is Cn1cc(CN2CCCC2c2nc3ccccc3c(=O)n2C2CCCC2)ccc1=O. The number of pyridine rings is 1. The van der Waals surface area contributed by atoms with Gasteiger partial charge in [0.05, 0.1) is 16.9 Å². The van der Waals surface area contributed by atoms with Crippen LogP contribution in [-0.2, 0) is 13.6 Å². The summed E-state index contributed by atoms with van der Waals surface area (Å²) in [6, 6.07) is 11.6. The lowest BCUT2D eigenvalue weighted by atomic mass is 10.1. The first-order chi connectivity index (χ1) is 14.6. The molecule has 30 heavy (non-hydrogen) atoms. The fourth-order valence-corrected chi connectivity index (χ4v) is 5.20. The van der Waals surface area contributed by atoms with E-state index in [9.17, 15) is 9.59 Å². The molecule has 3 aromatic rings. The van der Waals surface area contributed by atoms with Crippen molar-refractivity contribution >= 4 is 10.9 Å². The molecular weight excluding hydrogens is 376 g/mol. The lowest BCUT2D eigenvalue weighted by molar-refractivity contribution is 0.228. The largest absolute Gasteiger partial charge is 0.318 e. The van der Waals surface area contributed by atoms with Crippen molar-refractivity contribution in [2.24, 2.45) is 7.05 Å². The van der Waals surface area contributed by atoms with Crippen LogP contribution in [0.2, 0.25) is 0 Å². The van der Waals surface area contributed by atoms with Crippen molar-refractivity contribution in [2.75, 3.05) is 6.54 Å². The van der Waals surface area contributed by atoms with Gasteiger partial charge in [0.1, 0.15) is 5.82 Å². The Labute approximate surface area is 175 Å². The van der Waals surface area contributed by atoms with E-state index in [4.69, 9.17) is 4.98 Å². The number of hydrogen-bond donors (Lipinski definition) is 0. The van der Waals surface area contributed by atoms with E-state index in [-0.39, 0.29) is 23.2 Å². The maximum atomic E-state index is 13.5. The summed E-state index contributed by atoms with van der Waals surface area (Å²) in [6.07, 6.45) is 8.47. The van der Waals surface area contributed by atoms with Crippen molar-refractivity contribution in [1.82, 2.24) is 19.0 Å². The summed E-state index contributed by atoms with van der Waals surface area (Å²) < 4.78 is 3.65. The van der Waals surface area contributed by atoms with Crippen LogP contribution in [0, 0.1) is 0 Å². The molecule has 1 saturated carbocycles. The van der Waals surface area contributed by atoms with E-state index in [1.54, 1.807) is 17.7 Å². The molecule has 3 heterocycles. The number of nitrogens with zero attached hydrogens (tertiary/aromatic N) is 4. The molecule has 1 unspecified atom stereocenters. The third-order valence-corrected chi connectivity index (χ3v) is 6.72. The number of fused-ring (bicyclic) bond motifs is 1. The number of likely N-dealkylation sites (tertiary alicyclic amines) is 1. The van der Waals surface area contributed by atoms with E-state index in [0.717, 1.165) is 61.1 Å². The molecular formula is C24H28N4O2. The molecule has 6 heteroatoms. The number of aromatic nitrogens is 3. The maximum Gasteiger partial charge on any atom is 0.261 e. The molecule has 2 fully saturated rings. The van der Waals surface area contributed by atoms with E-state index in [1.807, 2.05) is 41.1 Å². The van der Waals surface area contributed by atoms with Crippen molar-refractivity contribution < 1.29 is 0 Å². The molecule has 0 spiro atoms. The fourth-order valence-electron chi connectivity index (χ4n) is 5.20. The molecule has 1 saturated heterocycles. The highest BCUT2D eigenvalue weighted by atomic mass is 16.1. The highest BCUT2D eigenvalue weighted by Gasteiger charge is 2.33. The second-order valence-corrected chi connectivity index (χ2v) is 8.72. The predicted octanol–water partition coefficient (Wildman–Crippen LogP) is 3.55. The molecule has 5 rings (SSSR count). The molecule has 1 aromatic carbocycles. The average Bonchev–Trinajstić information content (AvgIpc) is 3.43. The van der Waals surface area contributed by atoms with Crippen LogP contribution >= 0.6 is 0 Å². The molecule has 1 atom stereocenters. The summed E-state index contributed by atoms with van der Waals surface area (Å²) >= 11 is 0. The van der Waals surface area contributed by atoms with Crippen LogP contribution in [0.15, 0.2) is 52.2 Å². The summed E-state index contributed by atoms with van der Waals surface area (Å²) in [5.41, 5.74) is 2.01. The molecule has 0 radical (unpaired) electrons. The van der Waals surface area contributed by atoms with Gasteiger partial charge < -0.3 is 4.57 Å². The number of hydrogen-bond acceptors (Lipinski definition) is 4. The van der Waals surface area contributed by atoms with Crippen molar-refractivity contribution in [3.63, 3.8) is 0 Å². The van der Waals surface area contributed by atoms with Gasteiger partial charge in [-0.3, -0.25) is 19.1 Å². The average molecular weight is 405 g/mol. The van der Waals surface area contributed by atoms with E-state index >= 15 is 0 Å². The quantitative estimate of drug-likeness (QED) is 0.667. The highest BCUT2D eigenvalue weighted by Crippen LogP contribution is 2.36. The molecule has 0 N–H and O–H groups in total. The van der Waals surface area contributed by atoms with Gasteiger partial charge in [-0.25, -0.2) is 4.98 Å². The van der Waals surface area contributed by atoms with Gasteiger partial charge in [-0.1, -0.05) is 31.0 Å². The third-order valence-electron chi connectivity index (χ3n) is 6.72. The van der Waals surface area contributed by atoms with Crippen molar-refractivity contribution in [1.29, 1.82) is 0 Å². The molecule has 1 aliphatic heterocycles. The van der Waals surface area contributed by atoms with Crippen molar-refractivity contribution in [2.45, 2.75) is 57.2 Å². The Hall–Kier alpha value is -2.73. The van der Waals surface area contributed by atoms with Gasteiger partial charge in [0.2, 0.25) is 5.56 Å². The van der Waals surface area contributed by atoms with E-state index < -0.39 is 0 Å². The van der Waals surface area contributed by atoms with Gasteiger partial charge in [-0.2, -0.15) is 0 Å². The molecule has 2 aliphatic rings. The molecule has 0 amide bonds. The standard InChI is InChI=1S/C24H28N4O2/c1-26-15-17(12-13-22(26)29)16-27-14-6-11-21(27)23-25-20-10-5-4-9-19(20)24(30)28(23)18-7-2-3-8-18/h4-5,9-10,12-13,15,18,21H,2-3,6-8,11,14,16H2,1H3. The molecule has 0 bridgehead atoms. The second kappa shape index (κ2) is 7.84. The normalized spacial score (nSPS) is 20.4. The van der Waals surface area contributed by atoms with Gasteiger partial charge in [0, 0.05) is 31.9 Å². The minimum Gasteiger partial charge on any atom is -0.318 e.